The summed E-state index contributed by atoms with van der Waals surface area (Å²) in [4.78, 5) is 7.32. The molecule has 1 nitrogen and oxygen atoms in total. The molecule has 0 aliphatic heterocycles. The van der Waals surface area contributed by atoms with Crippen LogP contribution in [0.1, 0.15) is 22.6 Å². The van der Waals surface area contributed by atoms with E-state index in [1.165, 1.54) is 15.3 Å². The van der Waals surface area contributed by atoms with Gasteiger partial charge in [0.15, 0.2) is 0 Å². The Morgan fingerprint density at radius 2 is 2.12 bits per heavy atom. The van der Waals surface area contributed by atoms with Crippen LogP contribution in [0.5, 0.6) is 0 Å². The fourth-order valence-electron chi connectivity index (χ4n) is 2.00. The highest BCUT2D eigenvalue weighted by atomic mass is 32.1. The van der Waals surface area contributed by atoms with Crippen molar-refractivity contribution in [1.82, 2.24) is 4.98 Å². The van der Waals surface area contributed by atoms with Crippen LogP contribution in [-0.4, -0.2) is 4.98 Å². The van der Waals surface area contributed by atoms with Crippen LogP contribution >= 0.6 is 11.3 Å². The Hall–Kier alpha value is -1.41. The van der Waals surface area contributed by atoms with Gasteiger partial charge in [0, 0.05) is 4.88 Å². The zero-order valence-electron chi connectivity index (χ0n) is 9.23. The maximum absolute atomic E-state index is 4.72. The minimum atomic E-state index is 1.10. The van der Waals surface area contributed by atoms with Crippen molar-refractivity contribution in [1.29, 1.82) is 0 Å². The SMILES string of the molecule is Cc1ccc(-c2ccc3c(n2)C=CCC3)s1. The van der Waals surface area contributed by atoms with E-state index in [9.17, 15) is 0 Å². The number of allylic oxidation sites excluding steroid dienone is 1. The normalized spacial score (nSPS) is 13.8. The van der Waals surface area contributed by atoms with Crippen LogP contribution in [0.25, 0.3) is 16.6 Å². The lowest BCUT2D eigenvalue weighted by atomic mass is 10.0. The van der Waals surface area contributed by atoms with Gasteiger partial charge in [-0.1, -0.05) is 12.1 Å². The van der Waals surface area contributed by atoms with Crippen molar-refractivity contribution in [3.8, 4) is 10.6 Å². The lowest BCUT2D eigenvalue weighted by molar-refractivity contribution is 0.966. The number of aryl methyl sites for hydroxylation is 2. The number of fused-ring (bicyclic) bond motifs is 1. The van der Waals surface area contributed by atoms with Crippen molar-refractivity contribution in [2.45, 2.75) is 19.8 Å². The first-order valence-electron chi connectivity index (χ1n) is 5.56. The first-order valence-corrected chi connectivity index (χ1v) is 6.38. The molecule has 80 valence electrons. The van der Waals surface area contributed by atoms with Crippen molar-refractivity contribution in [2.75, 3.05) is 0 Å². The van der Waals surface area contributed by atoms with Gasteiger partial charge in [-0.3, -0.25) is 0 Å². The summed E-state index contributed by atoms with van der Waals surface area (Å²) >= 11 is 1.80. The molecule has 3 rings (SSSR count). The molecule has 1 aliphatic rings. The highest BCUT2D eigenvalue weighted by Gasteiger charge is 2.08. The van der Waals surface area contributed by atoms with Crippen molar-refractivity contribution in [2.24, 2.45) is 0 Å². The predicted molar refractivity (Wildman–Crippen MR) is 69.6 cm³/mol. The molecule has 2 heteroatoms. The number of thiophene rings is 1. The Morgan fingerprint density at radius 3 is 2.94 bits per heavy atom. The summed E-state index contributed by atoms with van der Waals surface area (Å²) in [6, 6.07) is 8.66. The summed E-state index contributed by atoms with van der Waals surface area (Å²) in [6.45, 7) is 2.13. The number of hydrogen-bond donors (Lipinski definition) is 0. The van der Waals surface area contributed by atoms with E-state index in [0.717, 1.165) is 24.2 Å². The third-order valence-electron chi connectivity index (χ3n) is 2.86. The van der Waals surface area contributed by atoms with Gasteiger partial charge in [0.1, 0.15) is 0 Å². The van der Waals surface area contributed by atoms with E-state index in [-0.39, 0.29) is 0 Å². The Kier molecular flexibility index (Phi) is 2.37. The molecule has 1 aliphatic carbocycles. The van der Waals surface area contributed by atoms with Crippen LogP contribution in [0.2, 0.25) is 0 Å². The van der Waals surface area contributed by atoms with Gasteiger partial charge in [0.25, 0.3) is 0 Å². The standard InChI is InChI=1S/C14H13NS/c1-10-6-9-14(16-10)13-8-7-11-4-2-3-5-12(11)15-13/h3,5-9H,2,4H2,1H3. The highest BCUT2D eigenvalue weighted by Crippen LogP contribution is 2.28. The average molecular weight is 227 g/mol. The van der Waals surface area contributed by atoms with Gasteiger partial charge in [-0.25, -0.2) is 4.98 Å². The number of nitrogens with zero attached hydrogens (tertiary/aromatic N) is 1. The summed E-state index contributed by atoms with van der Waals surface area (Å²) in [6.07, 6.45) is 6.62. The second-order valence-electron chi connectivity index (χ2n) is 4.09. The molecule has 0 spiro atoms. The molecule has 0 aromatic carbocycles. The van der Waals surface area contributed by atoms with Crippen LogP contribution in [0, 0.1) is 6.92 Å². The summed E-state index contributed by atoms with van der Waals surface area (Å²) in [5.41, 5.74) is 3.62. The van der Waals surface area contributed by atoms with Gasteiger partial charge in [0.05, 0.1) is 16.3 Å². The first kappa shape index (κ1) is 9.79. The molecule has 0 N–H and O–H groups in total. The largest absolute Gasteiger partial charge is 0.247 e. The topological polar surface area (TPSA) is 12.9 Å². The van der Waals surface area contributed by atoms with Gasteiger partial charge in [0.2, 0.25) is 0 Å². The Balaban J connectivity index is 2.07. The molecule has 0 fully saturated rings. The third-order valence-corrected chi connectivity index (χ3v) is 3.88. The minimum absolute atomic E-state index is 1.10. The molecule has 2 heterocycles. The van der Waals surface area contributed by atoms with E-state index in [0.29, 0.717) is 0 Å². The second kappa shape index (κ2) is 3.87. The number of hydrogen-bond acceptors (Lipinski definition) is 2. The second-order valence-corrected chi connectivity index (χ2v) is 5.38. The molecule has 16 heavy (non-hydrogen) atoms. The minimum Gasteiger partial charge on any atom is -0.247 e. The summed E-state index contributed by atoms with van der Waals surface area (Å²) in [5, 5.41) is 0. The smallest absolute Gasteiger partial charge is 0.0809 e. The predicted octanol–water partition coefficient (Wildman–Crippen LogP) is 4.08. The van der Waals surface area contributed by atoms with E-state index >= 15 is 0 Å². The van der Waals surface area contributed by atoms with Crippen LogP contribution in [0.15, 0.2) is 30.3 Å². The molecule has 0 radical (unpaired) electrons. The van der Waals surface area contributed by atoms with Gasteiger partial charge in [-0.2, -0.15) is 0 Å². The zero-order valence-corrected chi connectivity index (χ0v) is 10.1. The molecule has 0 bridgehead atoms. The van der Waals surface area contributed by atoms with E-state index in [2.05, 4.69) is 43.3 Å². The fraction of sp³-hybridized carbons (Fsp3) is 0.214. The number of aromatic nitrogens is 1. The third kappa shape index (κ3) is 1.69. The maximum atomic E-state index is 4.72. The first-order chi connectivity index (χ1) is 7.83. The van der Waals surface area contributed by atoms with Crippen molar-refractivity contribution in [3.63, 3.8) is 0 Å². The van der Waals surface area contributed by atoms with Crippen molar-refractivity contribution < 1.29 is 0 Å². The van der Waals surface area contributed by atoms with E-state index in [1.807, 2.05) is 0 Å². The van der Waals surface area contributed by atoms with Crippen molar-refractivity contribution in [3.05, 3.63) is 46.5 Å². The molecular formula is C14H13NS. The van der Waals surface area contributed by atoms with Crippen molar-refractivity contribution >= 4 is 17.4 Å². The van der Waals surface area contributed by atoms with Gasteiger partial charge in [-0.05, 0) is 49.6 Å². The highest BCUT2D eigenvalue weighted by molar-refractivity contribution is 7.15. The van der Waals surface area contributed by atoms with Gasteiger partial charge >= 0.3 is 0 Å². The molecule has 2 aromatic heterocycles. The van der Waals surface area contributed by atoms with Gasteiger partial charge < -0.3 is 0 Å². The lowest BCUT2D eigenvalue weighted by Crippen LogP contribution is -1.97. The van der Waals surface area contributed by atoms with Crippen LogP contribution < -0.4 is 0 Å². The Labute approximate surface area is 99.5 Å². The number of pyridine rings is 1. The number of rotatable bonds is 1. The summed E-state index contributed by atoms with van der Waals surface area (Å²) in [5.74, 6) is 0. The zero-order chi connectivity index (χ0) is 11.0. The summed E-state index contributed by atoms with van der Waals surface area (Å²) < 4.78 is 0. The maximum Gasteiger partial charge on any atom is 0.0809 e. The molecule has 0 amide bonds. The van der Waals surface area contributed by atoms with Gasteiger partial charge in [-0.15, -0.1) is 11.3 Å². The Morgan fingerprint density at radius 1 is 1.19 bits per heavy atom. The molecular weight excluding hydrogens is 214 g/mol. The molecule has 2 aromatic rings. The van der Waals surface area contributed by atoms with Crippen LogP contribution in [0.4, 0.5) is 0 Å². The van der Waals surface area contributed by atoms with E-state index in [4.69, 9.17) is 4.98 Å². The van der Waals surface area contributed by atoms with Crippen LogP contribution in [0.3, 0.4) is 0 Å². The Bertz CT molecular complexity index is 552. The fourth-order valence-corrected chi connectivity index (χ4v) is 2.84. The average Bonchev–Trinajstić information content (AvgIpc) is 2.75. The summed E-state index contributed by atoms with van der Waals surface area (Å²) in [7, 11) is 0. The quantitative estimate of drug-likeness (QED) is 0.715. The van der Waals surface area contributed by atoms with E-state index < -0.39 is 0 Å². The lowest BCUT2D eigenvalue weighted by Gasteiger charge is -2.10. The molecule has 0 saturated heterocycles. The van der Waals surface area contributed by atoms with E-state index in [1.54, 1.807) is 11.3 Å². The monoisotopic (exact) mass is 227 g/mol. The molecule has 0 atom stereocenters. The molecule has 0 saturated carbocycles. The molecule has 0 unspecified atom stereocenters. The van der Waals surface area contributed by atoms with Crippen LogP contribution in [-0.2, 0) is 6.42 Å².